The minimum Gasteiger partial charge on any atom is -0.349 e. The molecule has 2 aromatic rings. The Hall–Kier alpha value is -1.81. The van der Waals surface area contributed by atoms with Crippen molar-refractivity contribution < 1.29 is 9.18 Å². The van der Waals surface area contributed by atoms with Crippen molar-refractivity contribution in [3.8, 4) is 0 Å². The lowest BCUT2D eigenvalue weighted by atomic mass is 10.00. The number of thioether (sulfide) groups is 1. The Balaban J connectivity index is 1.94. The minimum atomic E-state index is -0.289. The van der Waals surface area contributed by atoms with Crippen molar-refractivity contribution in [2.45, 2.75) is 31.7 Å². The second-order valence-corrected chi connectivity index (χ2v) is 6.39. The Morgan fingerprint density at radius 2 is 1.95 bits per heavy atom. The van der Waals surface area contributed by atoms with Gasteiger partial charge in [0.2, 0.25) is 5.91 Å². The molecule has 22 heavy (non-hydrogen) atoms. The molecule has 0 saturated heterocycles. The van der Waals surface area contributed by atoms with Crippen molar-refractivity contribution >= 4 is 17.7 Å². The van der Waals surface area contributed by atoms with Crippen molar-refractivity contribution in [3.63, 3.8) is 0 Å². The summed E-state index contributed by atoms with van der Waals surface area (Å²) in [7, 11) is 0. The monoisotopic (exact) mass is 317 g/mol. The molecule has 0 bridgehead atoms. The maximum atomic E-state index is 13.5. The number of amides is 1. The smallest absolute Gasteiger partial charge is 0.230 e. The summed E-state index contributed by atoms with van der Waals surface area (Å²) >= 11 is 1.21. The van der Waals surface area contributed by atoms with E-state index in [1.807, 2.05) is 20.8 Å². The Labute approximate surface area is 135 Å². The van der Waals surface area contributed by atoms with Gasteiger partial charge in [-0.25, -0.2) is 4.39 Å². The fourth-order valence-corrected chi connectivity index (χ4v) is 3.04. The van der Waals surface area contributed by atoms with Gasteiger partial charge >= 0.3 is 0 Å². The summed E-state index contributed by atoms with van der Waals surface area (Å²) < 4.78 is 13.5. The molecule has 4 heteroatoms. The van der Waals surface area contributed by atoms with E-state index in [2.05, 4.69) is 23.5 Å². The standard InChI is InChI=1S/C18H20FNOS/c1-12-8-9-13(2)15(10-12)14(3)20-18(21)11-22-17-7-5-4-6-16(17)19/h4-10,14H,11H2,1-3H3,(H,20,21). The van der Waals surface area contributed by atoms with Crippen LogP contribution in [0.1, 0.15) is 29.7 Å². The number of hydrogen-bond acceptors (Lipinski definition) is 2. The number of halogens is 1. The SMILES string of the molecule is Cc1ccc(C)c(C(C)NC(=O)CSc2ccccc2F)c1. The summed E-state index contributed by atoms with van der Waals surface area (Å²) in [6.45, 7) is 6.03. The van der Waals surface area contributed by atoms with Crippen LogP contribution >= 0.6 is 11.8 Å². The molecule has 1 atom stereocenters. The van der Waals surface area contributed by atoms with Crippen LogP contribution in [0.5, 0.6) is 0 Å². The highest BCUT2D eigenvalue weighted by molar-refractivity contribution is 8.00. The largest absolute Gasteiger partial charge is 0.349 e. The average molecular weight is 317 g/mol. The van der Waals surface area contributed by atoms with E-state index in [-0.39, 0.29) is 23.5 Å². The lowest BCUT2D eigenvalue weighted by Crippen LogP contribution is -2.28. The minimum absolute atomic E-state index is 0.0615. The molecule has 0 aliphatic carbocycles. The van der Waals surface area contributed by atoms with E-state index in [9.17, 15) is 9.18 Å². The zero-order chi connectivity index (χ0) is 16.1. The molecule has 0 heterocycles. The van der Waals surface area contributed by atoms with Gasteiger partial charge in [-0.2, -0.15) is 0 Å². The number of benzene rings is 2. The van der Waals surface area contributed by atoms with Gasteiger partial charge in [0.1, 0.15) is 5.82 Å². The summed E-state index contributed by atoms with van der Waals surface area (Å²) in [5.41, 5.74) is 3.44. The fraction of sp³-hybridized carbons (Fsp3) is 0.278. The molecule has 0 aromatic heterocycles. The number of carbonyl (C=O) groups is 1. The van der Waals surface area contributed by atoms with Gasteiger partial charge in [-0.05, 0) is 44.0 Å². The molecule has 2 rings (SSSR count). The predicted octanol–water partition coefficient (Wildman–Crippen LogP) is 4.41. The molecule has 1 unspecified atom stereocenters. The number of hydrogen-bond donors (Lipinski definition) is 1. The van der Waals surface area contributed by atoms with Crippen molar-refractivity contribution in [1.29, 1.82) is 0 Å². The molecular formula is C18H20FNOS. The van der Waals surface area contributed by atoms with Gasteiger partial charge in [0.05, 0.1) is 11.8 Å². The third kappa shape index (κ3) is 4.34. The fourth-order valence-electron chi connectivity index (χ4n) is 2.29. The molecule has 2 aromatic carbocycles. The first kappa shape index (κ1) is 16.6. The molecule has 2 nitrogen and oxygen atoms in total. The van der Waals surface area contributed by atoms with E-state index in [0.29, 0.717) is 4.90 Å². The molecule has 0 aliphatic rings. The molecule has 0 spiro atoms. The van der Waals surface area contributed by atoms with Gasteiger partial charge in [-0.1, -0.05) is 35.9 Å². The predicted molar refractivity (Wildman–Crippen MR) is 89.6 cm³/mol. The number of nitrogens with one attached hydrogen (secondary N) is 1. The van der Waals surface area contributed by atoms with Gasteiger partial charge in [0.25, 0.3) is 0 Å². The highest BCUT2D eigenvalue weighted by Gasteiger charge is 2.13. The van der Waals surface area contributed by atoms with Crippen LogP contribution in [0.25, 0.3) is 0 Å². The van der Waals surface area contributed by atoms with Crippen molar-refractivity contribution in [2.75, 3.05) is 5.75 Å². The number of aryl methyl sites for hydroxylation is 2. The number of rotatable bonds is 5. The van der Waals surface area contributed by atoms with Crippen LogP contribution in [0.4, 0.5) is 4.39 Å². The summed E-state index contributed by atoms with van der Waals surface area (Å²) in [4.78, 5) is 12.6. The summed E-state index contributed by atoms with van der Waals surface area (Å²) in [6, 6.07) is 12.6. The van der Waals surface area contributed by atoms with Gasteiger partial charge in [-0.15, -0.1) is 11.8 Å². The maximum absolute atomic E-state index is 13.5. The maximum Gasteiger partial charge on any atom is 0.230 e. The van der Waals surface area contributed by atoms with Gasteiger partial charge < -0.3 is 5.32 Å². The molecule has 1 N–H and O–H groups in total. The molecule has 116 valence electrons. The first-order chi connectivity index (χ1) is 10.5. The third-order valence-corrected chi connectivity index (χ3v) is 4.52. The topological polar surface area (TPSA) is 29.1 Å². The highest BCUT2D eigenvalue weighted by atomic mass is 32.2. The number of carbonyl (C=O) groups excluding carboxylic acids is 1. The van der Waals surface area contributed by atoms with Crippen LogP contribution in [0, 0.1) is 19.7 Å². The van der Waals surface area contributed by atoms with E-state index in [1.165, 1.54) is 23.4 Å². The van der Waals surface area contributed by atoms with Crippen LogP contribution in [-0.2, 0) is 4.79 Å². The zero-order valence-electron chi connectivity index (χ0n) is 13.0. The highest BCUT2D eigenvalue weighted by Crippen LogP contribution is 2.22. The second kappa shape index (κ2) is 7.45. The van der Waals surface area contributed by atoms with Crippen LogP contribution in [0.3, 0.4) is 0 Å². The van der Waals surface area contributed by atoms with Gasteiger partial charge in [0.15, 0.2) is 0 Å². The Morgan fingerprint density at radius 1 is 1.23 bits per heavy atom. The van der Waals surface area contributed by atoms with Crippen molar-refractivity contribution in [2.24, 2.45) is 0 Å². The van der Waals surface area contributed by atoms with Gasteiger partial charge in [-0.3, -0.25) is 4.79 Å². The normalized spacial score (nSPS) is 12.0. The third-order valence-electron chi connectivity index (χ3n) is 3.47. The molecule has 1 amide bonds. The molecule has 0 aliphatic heterocycles. The molecular weight excluding hydrogens is 297 g/mol. The Bertz CT molecular complexity index is 672. The van der Waals surface area contributed by atoms with E-state index in [1.54, 1.807) is 18.2 Å². The van der Waals surface area contributed by atoms with Gasteiger partial charge in [0, 0.05) is 4.90 Å². The van der Waals surface area contributed by atoms with E-state index < -0.39 is 0 Å². The van der Waals surface area contributed by atoms with Crippen molar-refractivity contribution in [1.82, 2.24) is 5.32 Å². The summed E-state index contributed by atoms with van der Waals surface area (Å²) in [6.07, 6.45) is 0. The Morgan fingerprint density at radius 3 is 2.68 bits per heavy atom. The molecule has 0 fully saturated rings. The molecule has 0 radical (unpaired) electrons. The van der Waals surface area contributed by atoms with Crippen LogP contribution in [0.2, 0.25) is 0 Å². The summed E-state index contributed by atoms with van der Waals surface area (Å²) in [5, 5.41) is 2.97. The van der Waals surface area contributed by atoms with Crippen LogP contribution in [-0.4, -0.2) is 11.7 Å². The van der Waals surface area contributed by atoms with E-state index in [0.717, 1.165) is 11.1 Å². The van der Waals surface area contributed by atoms with Crippen molar-refractivity contribution in [3.05, 3.63) is 65.0 Å². The lowest BCUT2D eigenvalue weighted by molar-refractivity contribution is -0.119. The Kier molecular flexibility index (Phi) is 5.61. The van der Waals surface area contributed by atoms with E-state index in [4.69, 9.17) is 0 Å². The van der Waals surface area contributed by atoms with Crippen LogP contribution < -0.4 is 5.32 Å². The van der Waals surface area contributed by atoms with Crippen LogP contribution in [0.15, 0.2) is 47.4 Å². The zero-order valence-corrected chi connectivity index (χ0v) is 13.8. The molecule has 0 saturated carbocycles. The average Bonchev–Trinajstić information content (AvgIpc) is 2.48. The second-order valence-electron chi connectivity index (χ2n) is 5.37. The first-order valence-electron chi connectivity index (χ1n) is 7.21. The quantitative estimate of drug-likeness (QED) is 0.828. The van der Waals surface area contributed by atoms with E-state index >= 15 is 0 Å². The lowest BCUT2D eigenvalue weighted by Gasteiger charge is -2.17. The first-order valence-corrected chi connectivity index (χ1v) is 8.20. The summed E-state index contributed by atoms with van der Waals surface area (Å²) in [5.74, 6) is -0.180.